The number of fused-ring (bicyclic) bond motifs is 2. The molecule has 5 nitrogen and oxygen atoms in total. The standard InChI is InChI=1S/C21H32N2O3.ClH/c1-21(2,15-8-9-17(25-3)18(12-15)26-4)20(24)23-19-13-6-5-7-14(19)11-16(22)10-13;/h8-9,12-14,16,19H,5-7,10-11,22H2,1-4H3,(H,23,24);1H. The van der Waals surface area contributed by atoms with Crippen LogP contribution in [0.1, 0.15) is 51.5 Å². The van der Waals surface area contributed by atoms with Gasteiger partial charge < -0.3 is 20.5 Å². The van der Waals surface area contributed by atoms with Crippen molar-refractivity contribution in [3.8, 4) is 11.5 Å². The number of ether oxygens (including phenoxy) is 2. The van der Waals surface area contributed by atoms with Crippen LogP contribution >= 0.6 is 12.4 Å². The number of nitrogens with one attached hydrogen (secondary N) is 1. The van der Waals surface area contributed by atoms with E-state index in [2.05, 4.69) is 5.32 Å². The molecule has 0 aromatic heterocycles. The van der Waals surface area contributed by atoms with Crippen molar-refractivity contribution in [3.05, 3.63) is 23.8 Å². The average Bonchev–Trinajstić information content (AvgIpc) is 2.61. The van der Waals surface area contributed by atoms with Crippen LogP contribution in [0.3, 0.4) is 0 Å². The Hall–Kier alpha value is -1.46. The first kappa shape index (κ1) is 21.8. The molecule has 0 radical (unpaired) electrons. The van der Waals surface area contributed by atoms with Gasteiger partial charge in [-0.2, -0.15) is 0 Å². The Morgan fingerprint density at radius 1 is 1.11 bits per heavy atom. The minimum absolute atomic E-state index is 0. The number of carbonyl (C=O) groups excluding carboxylic acids is 1. The van der Waals surface area contributed by atoms with Crippen LogP contribution in [0.15, 0.2) is 18.2 Å². The van der Waals surface area contributed by atoms with Crippen LogP contribution in [0.5, 0.6) is 11.5 Å². The number of hydrogen-bond donors (Lipinski definition) is 2. The van der Waals surface area contributed by atoms with E-state index in [4.69, 9.17) is 15.2 Å². The molecular formula is C21H33ClN2O3. The highest BCUT2D eigenvalue weighted by Gasteiger charge is 2.42. The summed E-state index contributed by atoms with van der Waals surface area (Å²) in [7, 11) is 3.23. The average molecular weight is 397 g/mol. The van der Waals surface area contributed by atoms with Gasteiger partial charge in [0.05, 0.1) is 19.6 Å². The van der Waals surface area contributed by atoms with Crippen molar-refractivity contribution >= 4 is 18.3 Å². The summed E-state index contributed by atoms with van der Waals surface area (Å²) < 4.78 is 10.7. The number of hydrogen-bond acceptors (Lipinski definition) is 4. The van der Waals surface area contributed by atoms with Crippen molar-refractivity contribution in [3.63, 3.8) is 0 Å². The summed E-state index contributed by atoms with van der Waals surface area (Å²) in [5, 5.41) is 3.38. The summed E-state index contributed by atoms with van der Waals surface area (Å²) >= 11 is 0. The largest absolute Gasteiger partial charge is 0.493 e. The first-order valence-corrected chi connectivity index (χ1v) is 9.66. The lowest BCUT2D eigenvalue weighted by atomic mass is 9.66. The van der Waals surface area contributed by atoms with E-state index in [1.54, 1.807) is 14.2 Å². The van der Waals surface area contributed by atoms with Gasteiger partial charge >= 0.3 is 0 Å². The summed E-state index contributed by atoms with van der Waals surface area (Å²) in [6.45, 7) is 3.93. The van der Waals surface area contributed by atoms with Gasteiger partial charge in [0.2, 0.25) is 5.91 Å². The van der Waals surface area contributed by atoms with Gasteiger partial charge in [0.15, 0.2) is 11.5 Å². The molecule has 3 rings (SSSR count). The minimum Gasteiger partial charge on any atom is -0.493 e. The lowest BCUT2D eigenvalue weighted by molar-refractivity contribution is -0.128. The summed E-state index contributed by atoms with van der Waals surface area (Å²) in [5.41, 5.74) is 6.49. The molecule has 2 saturated carbocycles. The zero-order chi connectivity index (χ0) is 18.9. The van der Waals surface area contributed by atoms with Crippen molar-refractivity contribution in [2.45, 2.75) is 63.5 Å². The molecule has 2 aliphatic carbocycles. The van der Waals surface area contributed by atoms with Gasteiger partial charge in [0.1, 0.15) is 0 Å². The Morgan fingerprint density at radius 3 is 2.26 bits per heavy atom. The van der Waals surface area contributed by atoms with E-state index in [0.29, 0.717) is 23.3 Å². The van der Waals surface area contributed by atoms with Crippen LogP contribution in [-0.4, -0.2) is 32.2 Å². The normalized spacial score (nSPS) is 27.3. The number of carbonyl (C=O) groups is 1. The molecule has 2 bridgehead atoms. The molecule has 2 unspecified atom stereocenters. The SMILES string of the molecule is COc1ccc(C(C)(C)C(=O)NC2C3CCCC2CC(N)C3)cc1OC.Cl. The number of rotatable bonds is 5. The third kappa shape index (κ3) is 4.35. The highest BCUT2D eigenvalue weighted by atomic mass is 35.5. The Kier molecular flexibility index (Phi) is 7.03. The predicted octanol–water partition coefficient (Wildman–Crippen LogP) is 3.43. The smallest absolute Gasteiger partial charge is 0.230 e. The molecule has 2 fully saturated rings. The molecule has 0 heterocycles. The zero-order valence-electron chi connectivity index (χ0n) is 16.8. The van der Waals surface area contributed by atoms with Gasteiger partial charge in [-0.25, -0.2) is 0 Å². The van der Waals surface area contributed by atoms with Crippen molar-refractivity contribution in [1.29, 1.82) is 0 Å². The molecule has 1 aromatic rings. The van der Waals surface area contributed by atoms with Crippen LogP contribution in [-0.2, 0) is 10.2 Å². The van der Waals surface area contributed by atoms with Gasteiger partial charge in [-0.1, -0.05) is 12.5 Å². The number of halogens is 1. The molecule has 2 aliphatic rings. The van der Waals surface area contributed by atoms with Gasteiger partial charge in [0.25, 0.3) is 0 Å². The highest BCUT2D eigenvalue weighted by Crippen LogP contribution is 2.40. The van der Waals surface area contributed by atoms with Crippen molar-refractivity contribution in [2.24, 2.45) is 17.6 Å². The Bertz CT molecular complexity index is 651. The van der Waals surface area contributed by atoms with Crippen LogP contribution < -0.4 is 20.5 Å². The lowest BCUT2D eigenvalue weighted by Gasteiger charge is -2.46. The first-order valence-electron chi connectivity index (χ1n) is 9.66. The second-order valence-corrected chi connectivity index (χ2v) is 8.38. The third-order valence-electron chi connectivity index (χ3n) is 6.35. The molecule has 3 N–H and O–H groups in total. The molecule has 0 saturated heterocycles. The summed E-state index contributed by atoms with van der Waals surface area (Å²) in [5.74, 6) is 2.42. The lowest BCUT2D eigenvalue weighted by Crippen LogP contribution is -2.56. The molecule has 1 amide bonds. The van der Waals surface area contributed by atoms with E-state index < -0.39 is 5.41 Å². The van der Waals surface area contributed by atoms with Crippen LogP contribution in [0.25, 0.3) is 0 Å². The second-order valence-electron chi connectivity index (χ2n) is 8.38. The minimum atomic E-state index is -0.645. The van der Waals surface area contributed by atoms with Crippen molar-refractivity contribution < 1.29 is 14.3 Å². The van der Waals surface area contributed by atoms with E-state index in [1.165, 1.54) is 19.3 Å². The molecule has 0 aliphatic heterocycles. The third-order valence-corrected chi connectivity index (χ3v) is 6.35. The number of methoxy groups -OCH3 is 2. The van der Waals surface area contributed by atoms with E-state index in [9.17, 15) is 4.79 Å². The maximum Gasteiger partial charge on any atom is 0.230 e. The monoisotopic (exact) mass is 396 g/mol. The maximum absolute atomic E-state index is 13.2. The zero-order valence-corrected chi connectivity index (χ0v) is 17.6. The second kappa shape index (κ2) is 8.70. The number of benzene rings is 1. The Balaban J connectivity index is 0.00000261. The fourth-order valence-corrected chi connectivity index (χ4v) is 4.71. The molecule has 6 heteroatoms. The number of amides is 1. The molecule has 152 valence electrons. The number of nitrogens with two attached hydrogens (primary N) is 1. The van der Waals surface area contributed by atoms with Crippen LogP contribution in [0, 0.1) is 11.8 Å². The van der Waals surface area contributed by atoms with Crippen molar-refractivity contribution in [2.75, 3.05) is 14.2 Å². The highest BCUT2D eigenvalue weighted by molar-refractivity contribution is 5.88. The quantitative estimate of drug-likeness (QED) is 0.799. The molecule has 1 aromatic carbocycles. The maximum atomic E-state index is 13.2. The van der Waals surface area contributed by atoms with Gasteiger partial charge in [0, 0.05) is 12.1 Å². The fourth-order valence-electron chi connectivity index (χ4n) is 4.71. The fraction of sp³-hybridized carbons (Fsp3) is 0.667. The Morgan fingerprint density at radius 2 is 1.70 bits per heavy atom. The summed E-state index contributed by atoms with van der Waals surface area (Å²) in [6, 6.07) is 6.25. The van der Waals surface area contributed by atoms with Crippen LogP contribution in [0.4, 0.5) is 0 Å². The van der Waals surface area contributed by atoms with Gasteiger partial charge in [-0.3, -0.25) is 4.79 Å². The Labute approximate surface area is 168 Å². The first-order chi connectivity index (χ1) is 12.4. The summed E-state index contributed by atoms with van der Waals surface area (Å²) in [4.78, 5) is 13.2. The van der Waals surface area contributed by atoms with E-state index in [1.807, 2.05) is 32.0 Å². The van der Waals surface area contributed by atoms with Gasteiger partial charge in [-0.05, 0) is 69.1 Å². The molecular weight excluding hydrogens is 364 g/mol. The summed E-state index contributed by atoms with van der Waals surface area (Å²) in [6.07, 6.45) is 5.65. The molecule has 27 heavy (non-hydrogen) atoms. The van der Waals surface area contributed by atoms with E-state index in [-0.39, 0.29) is 30.4 Å². The molecule has 0 spiro atoms. The predicted molar refractivity (Wildman–Crippen MR) is 110 cm³/mol. The topological polar surface area (TPSA) is 73.6 Å². The van der Waals surface area contributed by atoms with Gasteiger partial charge in [-0.15, -0.1) is 12.4 Å². The van der Waals surface area contributed by atoms with E-state index in [0.717, 1.165) is 18.4 Å². The molecule has 2 atom stereocenters. The van der Waals surface area contributed by atoms with E-state index >= 15 is 0 Å². The van der Waals surface area contributed by atoms with Crippen LogP contribution in [0.2, 0.25) is 0 Å². The van der Waals surface area contributed by atoms with Crippen molar-refractivity contribution in [1.82, 2.24) is 5.32 Å².